The number of hydrogen-bond acceptors (Lipinski definition) is 6. The first-order valence-electron chi connectivity index (χ1n) is 9.20. The van der Waals surface area contributed by atoms with Crippen molar-refractivity contribution in [3.05, 3.63) is 72.4 Å². The monoisotopic (exact) mass is 418 g/mol. The van der Waals surface area contributed by atoms with Gasteiger partial charge in [-0.2, -0.15) is 4.98 Å². The Kier molecular flexibility index (Phi) is 5.67. The molecule has 2 N–H and O–H groups in total. The zero-order valence-electron chi connectivity index (χ0n) is 16.1. The molecule has 0 saturated heterocycles. The van der Waals surface area contributed by atoms with E-state index in [1.807, 2.05) is 61.5 Å². The molecule has 0 aliphatic rings. The number of hydrogen-bond donors (Lipinski definition) is 2. The van der Waals surface area contributed by atoms with Gasteiger partial charge in [0.15, 0.2) is 22.9 Å². The first kappa shape index (κ1) is 19.5. The number of amides is 1. The summed E-state index contributed by atoms with van der Waals surface area (Å²) in [6, 6.07) is 18.5. The van der Waals surface area contributed by atoms with Crippen molar-refractivity contribution < 1.29 is 13.9 Å². The first-order valence-corrected chi connectivity index (χ1v) is 9.60. The number of benzene rings is 2. The van der Waals surface area contributed by atoms with Crippen molar-refractivity contribution in [1.29, 1.82) is 0 Å². The molecule has 0 saturated carbocycles. The molecule has 7 nitrogen and oxygen atoms in total. The van der Waals surface area contributed by atoms with E-state index in [-0.39, 0.29) is 17.6 Å². The van der Waals surface area contributed by atoms with Crippen molar-refractivity contribution in [2.24, 2.45) is 0 Å². The summed E-state index contributed by atoms with van der Waals surface area (Å²) in [5.74, 6) is 0.762. The standard InChI is InChI=1S/C22H18N4O3S/c1-14-6-2-3-9-17(14)28-13-19(27)25-22(30)24-16-8-4-7-15(12-16)21-26-20-18(29-21)10-5-11-23-20/h2-12H,13H2,1H3,(H2,24,25,27,30). The molecule has 0 atom stereocenters. The summed E-state index contributed by atoms with van der Waals surface area (Å²) in [6.07, 6.45) is 1.66. The molecule has 0 radical (unpaired) electrons. The van der Waals surface area contributed by atoms with Gasteiger partial charge in [-0.1, -0.05) is 24.3 Å². The molecule has 4 rings (SSSR count). The fraction of sp³-hybridized carbons (Fsp3) is 0.0909. The lowest BCUT2D eigenvalue weighted by atomic mass is 10.2. The lowest BCUT2D eigenvalue weighted by Crippen LogP contribution is -2.37. The van der Waals surface area contributed by atoms with Crippen LogP contribution in [-0.2, 0) is 4.79 Å². The number of thiocarbonyl (C=S) groups is 1. The number of fused-ring (bicyclic) bond motifs is 1. The molecule has 30 heavy (non-hydrogen) atoms. The molecule has 0 unspecified atom stereocenters. The summed E-state index contributed by atoms with van der Waals surface area (Å²) in [5.41, 5.74) is 3.56. The third-order valence-electron chi connectivity index (χ3n) is 4.24. The van der Waals surface area contributed by atoms with Gasteiger partial charge in [-0.15, -0.1) is 0 Å². The van der Waals surface area contributed by atoms with Gasteiger partial charge in [-0.3, -0.25) is 10.1 Å². The van der Waals surface area contributed by atoms with Crippen LogP contribution in [0.3, 0.4) is 0 Å². The minimum absolute atomic E-state index is 0.136. The molecule has 8 heteroatoms. The Bertz CT molecular complexity index is 1190. The predicted molar refractivity (Wildman–Crippen MR) is 118 cm³/mol. The van der Waals surface area contributed by atoms with Gasteiger partial charge < -0.3 is 14.5 Å². The van der Waals surface area contributed by atoms with Crippen LogP contribution in [0.4, 0.5) is 5.69 Å². The number of anilines is 1. The Morgan fingerprint density at radius 1 is 1.13 bits per heavy atom. The van der Waals surface area contributed by atoms with Gasteiger partial charge >= 0.3 is 0 Å². The molecule has 0 aliphatic carbocycles. The van der Waals surface area contributed by atoms with Crippen molar-refractivity contribution in [3.63, 3.8) is 0 Å². The first-order chi connectivity index (χ1) is 14.6. The highest BCUT2D eigenvalue weighted by Gasteiger charge is 2.11. The summed E-state index contributed by atoms with van der Waals surface area (Å²) >= 11 is 5.23. The number of ether oxygens (including phenoxy) is 1. The Balaban J connectivity index is 1.37. The van der Waals surface area contributed by atoms with Crippen molar-refractivity contribution in [2.75, 3.05) is 11.9 Å². The van der Waals surface area contributed by atoms with E-state index in [0.29, 0.717) is 28.6 Å². The van der Waals surface area contributed by atoms with Crippen LogP contribution in [0.5, 0.6) is 5.75 Å². The van der Waals surface area contributed by atoms with Crippen molar-refractivity contribution in [1.82, 2.24) is 15.3 Å². The number of aromatic nitrogens is 2. The van der Waals surface area contributed by atoms with Gasteiger partial charge in [-0.25, -0.2) is 4.98 Å². The van der Waals surface area contributed by atoms with Crippen LogP contribution < -0.4 is 15.4 Å². The van der Waals surface area contributed by atoms with Crippen LogP contribution >= 0.6 is 12.2 Å². The highest BCUT2D eigenvalue weighted by Crippen LogP contribution is 2.25. The lowest BCUT2D eigenvalue weighted by Gasteiger charge is -2.11. The summed E-state index contributed by atoms with van der Waals surface area (Å²) in [5, 5.41) is 5.76. The highest BCUT2D eigenvalue weighted by atomic mass is 32.1. The third-order valence-corrected chi connectivity index (χ3v) is 4.44. The van der Waals surface area contributed by atoms with E-state index in [1.165, 1.54) is 0 Å². The topological polar surface area (TPSA) is 89.3 Å². The number of rotatable bonds is 5. The van der Waals surface area contributed by atoms with Gasteiger partial charge in [0, 0.05) is 17.4 Å². The van der Waals surface area contributed by atoms with E-state index < -0.39 is 0 Å². The van der Waals surface area contributed by atoms with Crippen LogP contribution in [0.2, 0.25) is 0 Å². The average molecular weight is 418 g/mol. The summed E-state index contributed by atoms with van der Waals surface area (Å²) in [7, 11) is 0. The van der Waals surface area contributed by atoms with Gasteiger partial charge in [0.05, 0.1) is 0 Å². The van der Waals surface area contributed by atoms with E-state index in [9.17, 15) is 4.79 Å². The molecule has 4 aromatic rings. The van der Waals surface area contributed by atoms with E-state index in [4.69, 9.17) is 21.4 Å². The fourth-order valence-corrected chi connectivity index (χ4v) is 3.04. The minimum atomic E-state index is -0.350. The van der Waals surface area contributed by atoms with Gasteiger partial charge in [0.1, 0.15) is 5.75 Å². The number of aryl methyl sites for hydroxylation is 1. The van der Waals surface area contributed by atoms with Crippen LogP contribution in [0, 0.1) is 6.92 Å². The highest BCUT2D eigenvalue weighted by molar-refractivity contribution is 7.80. The number of carbonyl (C=O) groups excluding carboxylic acids is 1. The Morgan fingerprint density at radius 3 is 2.83 bits per heavy atom. The Hall–Kier alpha value is -3.78. The van der Waals surface area contributed by atoms with E-state index >= 15 is 0 Å². The van der Waals surface area contributed by atoms with Crippen molar-refractivity contribution >= 4 is 40.2 Å². The van der Waals surface area contributed by atoms with Crippen molar-refractivity contribution in [2.45, 2.75) is 6.92 Å². The van der Waals surface area contributed by atoms with Gasteiger partial charge in [-0.05, 0) is 61.1 Å². The molecule has 1 amide bonds. The molecular formula is C22H18N4O3S. The molecule has 0 spiro atoms. The maximum absolute atomic E-state index is 12.1. The van der Waals surface area contributed by atoms with E-state index in [0.717, 1.165) is 11.1 Å². The van der Waals surface area contributed by atoms with Gasteiger partial charge in [0.2, 0.25) is 5.89 Å². The zero-order valence-corrected chi connectivity index (χ0v) is 16.9. The Labute approximate surface area is 178 Å². The number of nitrogens with one attached hydrogen (secondary N) is 2. The quantitative estimate of drug-likeness (QED) is 0.472. The number of pyridine rings is 1. The summed E-state index contributed by atoms with van der Waals surface area (Å²) in [6.45, 7) is 1.78. The fourth-order valence-electron chi connectivity index (χ4n) is 2.81. The Morgan fingerprint density at radius 2 is 2.00 bits per heavy atom. The second-order valence-corrected chi connectivity index (χ2v) is 6.89. The van der Waals surface area contributed by atoms with Crippen LogP contribution in [0.15, 0.2) is 71.3 Å². The second kappa shape index (κ2) is 8.71. The minimum Gasteiger partial charge on any atom is -0.483 e. The number of para-hydroxylation sites is 1. The number of oxazole rings is 1. The maximum Gasteiger partial charge on any atom is 0.264 e. The molecule has 2 aromatic carbocycles. The number of nitrogens with zero attached hydrogens (tertiary/aromatic N) is 2. The van der Waals surface area contributed by atoms with Crippen LogP contribution in [0.25, 0.3) is 22.7 Å². The van der Waals surface area contributed by atoms with Crippen LogP contribution in [0.1, 0.15) is 5.56 Å². The van der Waals surface area contributed by atoms with Crippen molar-refractivity contribution in [3.8, 4) is 17.2 Å². The van der Waals surface area contributed by atoms with Gasteiger partial charge in [0.25, 0.3) is 5.91 Å². The smallest absolute Gasteiger partial charge is 0.264 e. The SMILES string of the molecule is Cc1ccccc1OCC(=O)NC(=S)Nc1cccc(-c2nc3ncccc3o2)c1. The largest absolute Gasteiger partial charge is 0.483 e. The second-order valence-electron chi connectivity index (χ2n) is 6.48. The third kappa shape index (κ3) is 4.61. The molecule has 0 fully saturated rings. The van der Waals surface area contributed by atoms with Crippen LogP contribution in [-0.4, -0.2) is 27.6 Å². The molecule has 0 bridgehead atoms. The molecule has 2 aromatic heterocycles. The summed E-state index contributed by atoms with van der Waals surface area (Å²) in [4.78, 5) is 20.7. The average Bonchev–Trinajstić information content (AvgIpc) is 3.18. The zero-order chi connectivity index (χ0) is 20.9. The maximum atomic E-state index is 12.1. The number of carbonyl (C=O) groups is 1. The summed E-state index contributed by atoms with van der Waals surface area (Å²) < 4.78 is 11.3. The molecule has 150 valence electrons. The lowest BCUT2D eigenvalue weighted by molar-refractivity contribution is -0.121. The molecular weight excluding hydrogens is 400 g/mol. The normalized spacial score (nSPS) is 10.6. The molecule has 0 aliphatic heterocycles. The predicted octanol–water partition coefficient (Wildman–Crippen LogP) is 4.09. The van der Waals surface area contributed by atoms with E-state index in [2.05, 4.69) is 20.6 Å². The van der Waals surface area contributed by atoms with E-state index in [1.54, 1.807) is 12.3 Å². The molecule has 2 heterocycles.